The monoisotopic (exact) mass is 350 g/mol. The normalized spacial score (nSPS) is 12.0. The van der Waals surface area contributed by atoms with Gasteiger partial charge in [0.1, 0.15) is 18.1 Å². The van der Waals surface area contributed by atoms with E-state index in [4.69, 9.17) is 9.47 Å². The average molecular weight is 351 g/mol. The highest BCUT2D eigenvalue weighted by Gasteiger charge is 2.10. The van der Waals surface area contributed by atoms with Crippen LogP contribution in [0.3, 0.4) is 0 Å². The van der Waals surface area contributed by atoms with Crippen LogP contribution in [0.2, 0.25) is 0 Å². The Morgan fingerprint density at radius 1 is 1.14 bits per heavy atom. The SMILES string of the molecule is COc1ccc(COc2cc(C)ccc2[C@H](C)O)cc1Br. The number of aliphatic hydroxyl groups excluding tert-OH is 1. The molecule has 1 N–H and O–H groups in total. The van der Waals surface area contributed by atoms with Gasteiger partial charge in [0.2, 0.25) is 0 Å². The van der Waals surface area contributed by atoms with Crippen molar-refractivity contribution in [2.75, 3.05) is 7.11 Å². The third-order valence-corrected chi connectivity index (χ3v) is 3.85. The Bertz CT molecular complexity index is 623. The van der Waals surface area contributed by atoms with Crippen LogP contribution in [0.1, 0.15) is 29.7 Å². The minimum Gasteiger partial charge on any atom is -0.496 e. The van der Waals surface area contributed by atoms with Crippen molar-refractivity contribution in [3.05, 3.63) is 57.6 Å². The van der Waals surface area contributed by atoms with Crippen molar-refractivity contribution < 1.29 is 14.6 Å². The fraction of sp³-hybridized carbons (Fsp3) is 0.294. The predicted octanol–water partition coefficient (Wildman–Crippen LogP) is 4.40. The summed E-state index contributed by atoms with van der Waals surface area (Å²) in [5.74, 6) is 1.51. The van der Waals surface area contributed by atoms with Crippen LogP contribution in [0.25, 0.3) is 0 Å². The molecule has 0 aliphatic heterocycles. The molecule has 21 heavy (non-hydrogen) atoms. The fourth-order valence-corrected chi connectivity index (χ4v) is 2.66. The van der Waals surface area contributed by atoms with E-state index in [0.29, 0.717) is 6.61 Å². The Morgan fingerprint density at radius 2 is 1.90 bits per heavy atom. The molecular weight excluding hydrogens is 332 g/mol. The summed E-state index contributed by atoms with van der Waals surface area (Å²) in [6.07, 6.45) is -0.553. The zero-order valence-electron chi connectivity index (χ0n) is 12.4. The summed E-state index contributed by atoms with van der Waals surface area (Å²) in [6, 6.07) is 11.6. The van der Waals surface area contributed by atoms with E-state index in [0.717, 1.165) is 32.7 Å². The van der Waals surface area contributed by atoms with Crippen LogP contribution in [0.15, 0.2) is 40.9 Å². The predicted molar refractivity (Wildman–Crippen MR) is 86.8 cm³/mol. The molecule has 0 saturated carbocycles. The highest BCUT2D eigenvalue weighted by molar-refractivity contribution is 9.10. The van der Waals surface area contributed by atoms with E-state index in [1.165, 1.54) is 0 Å². The van der Waals surface area contributed by atoms with Gasteiger partial charge in [-0.15, -0.1) is 0 Å². The molecule has 4 heteroatoms. The largest absolute Gasteiger partial charge is 0.496 e. The van der Waals surface area contributed by atoms with Crippen LogP contribution >= 0.6 is 15.9 Å². The lowest BCUT2D eigenvalue weighted by Crippen LogP contribution is -2.01. The molecule has 3 nitrogen and oxygen atoms in total. The summed E-state index contributed by atoms with van der Waals surface area (Å²) >= 11 is 3.46. The number of aliphatic hydroxyl groups is 1. The van der Waals surface area contributed by atoms with E-state index >= 15 is 0 Å². The van der Waals surface area contributed by atoms with Gasteiger partial charge in [0.15, 0.2) is 0 Å². The Balaban J connectivity index is 2.16. The van der Waals surface area contributed by atoms with Gasteiger partial charge < -0.3 is 14.6 Å². The third kappa shape index (κ3) is 3.99. The fourth-order valence-electron chi connectivity index (χ4n) is 2.07. The lowest BCUT2D eigenvalue weighted by atomic mass is 10.1. The highest BCUT2D eigenvalue weighted by Crippen LogP contribution is 2.29. The van der Waals surface area contributed by atoms with Crippen LogP contribution < -0.4 is 9.47 Å². The first-order valence-electron chi connectivity index (χ1n) is 6.75. The van der Waals surface area contributed by atoms with Crippen LogP contribution in [0, 0.1) is 6.92 Å². The van der Waals surface area contributed by atoms with Crippen LogP contribution in [0.5, 0.6) is 11.5 Å². The smallest absolute Gasteiger partial charge is 0.133 e. The standard InChI is InChI=1S/C17H19BrO3/c1-11-4-6-14(12(2)19)17(8-11)21-10-13-5-7-16(20-3)15(18)9-13/h4-9,12,19H,10H2,1-3H3/t12-/m0/s1. The lowest BCUT2D eigenvalue weighted by Gasteiger charge is -2.15. The number of ether oxygens (including phenoxy) is 2. The molecule has 0 aromatic heterocycles. The van der Waals surface area contributed by atoms with Crippen LogP contribution in [-0.4, -0.2) is 12.2 Å². The van der Waals surface area contributed by atoms with Gasteiger partial charge in [-0.25, -0.2) is 0 Å². The third-order valence-electron chi connectivity index (χ3n) is 3.23. The van der Waals surface area contributed by atoms with Crippen molar-refractivity contribution in [1.29, 1.82) is 0 Å². The number of hydrogen-bond acceptors (Lipinski definition) is 3. The van der Waals surface area contributed by atoms with Gasteiger partial charge in [-0.3, -0.25) is 0 Å². The minimum atomic E-state index is -0.553. The van der Waals surface area contributed by atoms with Crippen molar-refractivity contribution in [1.82, 2.24) is 0 Å². The molecule has 2 aromatic rings. The summed E-state index contributed by atoms with van der Waals surface area (Å²) < 4.78 is 12.0. The highest BCUT2D eigenvalue weighted by atomic mass is 79.9. The molecule has 0 saturated heterocycles. The Morgan fingerprint density at radius 3 is 2.52 bits per heavy atom. The van der Waals surface area contributed by atoms with Gasteiger partial charge in [0.25, 0.3) is 0 Å². The van der Waals surface area contributed by atoms with Crippen molar-refractivity contribution in [2.24, 2.45) is 0 Å². The molecule has 0 fully saturated rings. The molecule has 2 rings (SSSR count). The summed E-state index contributed by atoms with van der Waals surface area (Å²) in [5.41, 5.74) is 2.93. The molecule has 0 spiro atoms. The Hall–Kier alpha value is -1.52. The number of hydrogen-bond donors (Lipinski definition) is 1. The summed E-state index contributed by atoms with van der Waals surface area (Å²) in [5, 5.41) is 9.80. The summed E-state index contributed by atoms with van der Waals surface area (Å²) in [4.78, 5) is 0. The number of aryl methyl sites for hydroxylation is 1. The molecular formula is C17H19BrO3. The second-order valence-electron chi connectivity index (χ2n) is 4.97. The van der Waals surface area contributed by atoms with Gasteiger partial charge in [-0.1, -0.05) is 18.2 Å². The summed E-state index contributed by atoms with van der Waals surface area (Å²) in [7, 11) is 1.64. The molecule has 0 radical (unpaired) electrons. The van der Waals surface area contributed by atoms with E-state index in [2.05, 4.69) is 15.9 Å². The molecule has 0 amide bonds. The zero-order valence-corrected chi connectivity index (χ0v) is 14.0. The maximum atomic E-state index is 9.80. The van der Waals surface area contributed by atoms with Gasteiger partial charge in [-0.2, -0.15) is 0 Å². The van der Waals surface area contributed by atoms with Crippen molar-refractivity contribution in [2.45, 2.75) is 26.6 Å². The van der Waals surface area contributed by atoms with Crippen LogP contribution in [-0.2, 0) is 6.61 Å². The van der Waals surface area contributed by atoms with E-state index in [1.807, 2.05) is 43.3 Å². The van der Waals surface area contributed by atoms with Gasteiger partial charge in [0.05, 0.1) is 17.7 Å². The van der Waals surface area contributed by atoms with Gasteiger partial charge >= 0.3 is 0 Å². The average Bonchev–Trinajstić information content (AvgIpc) is 2.45. The van der Waals surface area contributed by atoms with E-state index in [9.17, 15) is 5.11 Å². The zero-order chi connectivity index (χ0) is 15.4. The van der Waals surface area contributed by atoms with Gasteiger partial charge in [-0.05, 0) is 59.1 Å². The number of methoxy groups -OCH3 is 1. The number of benzene rings is 2. The first-order chi connectivity index (χ1) is 10.0. The van der Waals surface area contributed by atoms with Crippen molar-refractivity contribution in [3.8, 4) is 11.5 Å². The first kappa shape index (κ1) is 15.9. The number of rotatable bonds is 5. The van der Waals surface area contributed by atoms with E-state index in [1.54, 1.807) is 14.0 Å². The first-order valence-corrected chi connectivity index (χ1v) is 7.54. The molecule has 1 atom stereocenters. The minimum absolute atomic E-state index is 0.436. The molecule has 0 bridgehead atoms. The Kier molecular flexibility index (Phi) is 5.26. The second-order valence-corrected chi connectivity index (χ2v) is 5.83. The number of halogens is 1. The maximum absolute atomic E-state index is 9.80. The Labute approximate surface area is 133 Å². The van der Waals surface area contributed by atoms with E-state index < -0.39 is 6.10 Å². The van der Waals surface area contributed by atoms with Gasteiger partial charge in [0, 0.05) is 5.56 Å². The second kappa shape index (κ2) is 6.96. The molecule has 0 aliphatic carbocycles. The molecule has 0 aliphatic rings. The van der Waals surface area contributed by atoms with Crippen LogP contribution in [0.4, 0.5) is 0 Å². The molecule has 0 heterocycles. The summed E-state index contributed by atoms with van der Waals surface area (Å²) in [6.45, 7) is 4.18. The molecule has 2 aromatic carbocycles. The van der Waals surface area contributed by atoms with Crippen molar-refractivity contribution >= 4 is 15.9 Å². The quantitative estimate of drug-likeness (QED) is 0.868. The topological polar surface area (TPSA) is 38.7 Å². The molecule has 112 valence electrons. The maximum Gasteiger partial charge on any atom is 0.133 e. The van der Waals surface area contributed by atoms with Crippen molar-refractivity contribution in [3.63, 3.8) is 0 Å². The lowest BCUT2D eigenvalue weighted by molar-refractivity contribution is 0.190. The molecule has 0 unspecified atom stereocenters. The van der Waals surface area contributed by atoms with E-state index in [-0.39, 0.29) is 0 Å².